The molecule has 0 bridgehead atoms. The normalized spacial score (nSPS) is 14.1. The molecule has 0 saturated carbocycles. The maximum Gasteiger partial charge on any atom is 0.0556 e. The largest absolute Gasteiger partial charge is 0.309 e. The van der Waals surface area contributed by atoms with Crippen molar-refractivity contribution in [2.45, 2.75) is 19.3 Å². The van der Waals surface area contributed by atoms with E-state index in [4.69, 9.17) is 0 Å². The lowest BCUT2D eigenvalue weighted by Gasteiger charge is -2.21. The Labute approximate surface area is 250 Å². The third-order valence-electron chi connectivity index (χ3n) is 9.61. The molecule has 1 aliphatic carbocycles. The highest BCUT2D eigenvalue weighted by Crippen LogP contribution is 2.51. The molecule has 0 atom stereocenters. The quantitative estimate of drug-likeness (QED) is 0.185. The smallest absolute Gasteiger partial charge is 0.0556 e. The van der Waals surface area contributed by atoms with E-state index in [-0.39, 0.29) is 5.41 Å². The van der Waals surface area contributed by atoms with Gasteiger partial charge in [-0.05, 0) is 58.7 Å². The molecule has 0 N–H and O–H groups in total. The van der Waals surface area contributed by atoms with Gasteiger partial charge < -0.3 is 4.57 Å². The van der Waals surface area contributed by atoms with Gasteiger partial charge >= 0.3 is 0 Å². The van der Waals surface area contributed by atoms with Crippen LogP contribution in [0.3, 0.4) is 0 Å². The van der Waals surface area contributed by atoms with Crippen molar-refractivity contribution in [3.8, 4) is 16.8 Å². The molecule has 42 heavy (non-hydrogen) atoms. The zero-order valence-corrected chi connectivity index (χ0v) is 24.9. The maximum absolute atomic E-state index is 2.52. The number of rotatable bonds is 1. The van der Waals surface area contributed by atoms with Gasteiger partial charge in [-0.1, -0.05) is 92.7 Å². The van der Waals surface area contributed by atoms with E-state index in [2.05, 4.69) is 134 Å². The fourth-order valence-electron chi connectivity index (χ4n) is 7.67. The number of thiophene rings is 2. The molecule has 0 fully saturated rings. The zero-order valence-electron chi connectivity index (χ0n) is 23.2. The van der Waals surface area contributed by atoms with Crippen LogP contribution in [0.5, 0.6) is 0 Å². The summed E-state index contributed by atoms with van der Waals surface area (Å²) in [4.78, 5) is 0. The van der Waals surface area contributed by atoms with Gasteiger partial charge in [0.05, 0.1) is 11.0 Å². The van der Waals surface area contributed by atoms with E-state index in [0.717, 1.165) is 0 Å². The molecule has 0 unspecified atom stereocenters. The summed E-state index contributed by atoms with van der Waals surface area (Å²) >= 11 is 3.86. The molecular weight excluding hydrogens is 547 g/mol. The number of nitrogens with zero attached hydrogens (tertiary/aromatic N) is 1. The standard InChI is InChI=1S/C39H25NS2/c1-39(2)29-12-6-3-9-23(29)28-21-22(15-18-30(28)39)40-31-19-16-26-24-10-4-7-13-33(24)41-37(26)35(31)36-32(40)20-17-27-25-11-5-8-14-34(25)42-38(27)36/h3-21H,1-2H3. The highest BCUT2D eigenvalue weighted by molar-refractivity contribution is 7.28. The minimum Gasteiger partial charge on any atom is -0.309 e. The van der Waals surface area contributed by atoms with Gasteiger partial charge in [0, 0.05) is 62.2 Å². The van der Waals surface area contributed by atoms with Crippen LogP contribution in [0, 0.1) is 0 Å². The Bertz CT molecular complexity index is 2480. The molecule has 3 heteroatoms. The number of hydrogen-bond acceptors (Lipinski definition) is 2. The summed E-state index contributed by atoms with van der Waals surface area (Å²) in [6, 6.07) is 43.2. The lowest BCUT2D eigenvalue weighted by atomic mass is 9.82. The van der Waals surface area contributed by atoms with Crippen LogP contribution in [0.1, 0.15) is 25.0 Å². The summed E-state index contributed by atoms with van der Waals surface area (Å²) in [6.07, 6.45) is 0. The SMILES string of the molecule is CC1(C)c2ccccc2-c2cc(-n3c4ccc5c6ccccc6sc5c4c4c5sc6ccccc6c5ccc43)ccc21. The lowest BCUT2D eigenvalue weighted by Crippen LogP contribution is -2.14. The summed E-state index contributed by atoms with van der Waals surface area (Å²) in [5, 5.41) is 8.15. The van der Waals surface area contributed by atoms with Crippen LogP contribution in [0.25, 0.3) is 79.0 Å². The molecule has 0 aliphatic heterocycles. The molecule has 0 radical (unpaired) electrons. The van der Waals surface area contributed by atoms with Crippen molar-refractivity contribution >= 4 is 84.8 Å². The van der Waals surface area contributed by atoms with E-state index in [1.165, 1.54) is 90.1 Å². The first kappa shape index (κ1) is 23.2. The van der Waals surface area contributed by atoms with Gasteiger partial charge in [-0.3, -0.25) is 0 Å². The van der Waals surface area contributed by atoms with Crippen LogP contribution in [-0.2, 0) is 5.41 Å². The third kappa shape index (κ3) is 2.78. The van der Waals surface area contributed by atoms with Crippen LogP contribution >= 0.6 is 22.7 Å². The second-order valence-corrected chi connectivity index (χ2v) is 14.2. The van der Waals surface area contributed by atoms with E-state index < -0.39 is 0 Å². The minimum atomic E-state index is -0.00222. The molecule has 6 aromatic carbocycles. The first-order valence-corrected chi connectivity index (χ1v) is 16.2. The van der Waals surface area contributed by atoms with Crippen LogP contribution in [-0.4, -0.2) is 4.57 Å². The van der Waals surface area contributed by atoms with Gasteiger partial charge in [0.2, 0.25) is 0 Å². The average Bonchev–Trinajstić information content (AvgIpc) is 3.74. The van der Waals surface area contributed by atoms with E-state index in [1.807, 2.05) is 22.7 Å². The molecule has 198 valence electrons. The van der Waals surface area contributed by atoms with Crippen LogP contribution in [0.2, 0.25) is 0 Å². The Kier molecular flexibility index (Phi) is 4.35. The molecule has 1 aliphatic rings. The molecule has 1 nitrogen and oxygen atoms in total. The molecule has 0 saturated heterocycles. The van der Waals surface area contributed by atoms with Crippen molar-refractivity contribution in [3.63, 3.8) is 0 Å². The highest BCUT2D eigenvalue weighted by atomic mass is 32.1. The average molecular weight is 572 g/mol. The number of benzene rings is 6. The second-order valence-electron chi connectivity index (χ2n) is 12.1. The van der Waals surface area contributed by atoms with E-state index in [9.17, 15) is 0 Å². The summed E-state index contributed by atoms with van der Waals surface area (Å²) in [7, 11) is 0. The first-order valence-electron chi connectivity index (χ1n) is 14.5. The Morgan fingerprint density at radius 3 is 1.69 bits per heavy atom. The van der Waals surface area contributed by atoms with Crippen molar-refractivity contribution in [2.24, 2.45) is 0 Å². The topological polar surface area (TPSA) is 4.93 Å². The molecular formula is C39H25NS2. The Hall–Kier alpha value is -4.44. The van der Waals surface area contributed by atoms with Crippen LogP contribution < -0.4 is 0 Å². The molecule has 9 aromatic rings. The third-order valence-corrected chi connectivity index (χ3v) is 12.0. The van der Waals surface area contributed by atoms with Gasteiger partial charge in [-0.2, -0.15) is 0 Å². The van der Waals surface area contributed by atoms with Gasteiger partial charge in [-0.15, -0.1) is 22.7 Å². The fraction of sp³-hybridized carbons (Fsp3) is 0.0769. The van der Waals surface area contributed by atoms with Crippen molar-refractivity contribution < 1.29 is 0 Å². The van der Waals surface area contributed by atoms with Crippen molar-refractivity contribution in [1.82, 2.24) is 4.57 Å². The number of aromatic nitrogens is 1. The monoisotopic (exact) mass is 571 g/mol. The van der Waals surface area contributed by atoms with Crippen molar-refractivity contribution in [2.75, 3.05) is 0 Å². The Morgan fingerprint density at radius 1 is 0.500 bits per heavy atom. The summed E-state index contributed by atoms with van der Waals surface area (Å²) < 4.78 is 7.98. The molecule has 0 spiro atoms. The Morgan fingerprint density at radius 2 is 1.05 bits per heavy atom. The Balaban J connectivity index is 1.39. The molecule has 3 heterocycles. The summed E-state index contributed by atoms with van der Waals surface area (Å²) in [5.74, 6) is 0. The van der Waals surface area contributed by atoms with Gasteiger partial charge in [0.15, 0.2) is 0 Å². The van der Waals surface area contributed by atoms with Crippen LogP contribution in [0.4, 0.5) is 0 Å². The van der Waals surface area contributed by atoms with E-state index in [0.29, 0.717) is 0 Å². The fourth-order valence-corrected chi connectivity index (χ4v) is 10.2. The highest BCUT2D eigenvalue weighted by Gasteiger charge is 2.35. The number of hydrogen-bond donors (Lipinski definition) is 0. The minimum absolute atomic E-state index is 0.00222. The summed E-state index contributed by atoms with van der Waals surface area (Å²) in [6.45, 7) is 4.71. The second kappa shape index (κ2) is 7.89. The van der Waals surface area contributed by atoms with Gasteiger partial charge in [0.25, 0.3) is 0 Å². The van der Waals surface area contributed by atoms with Crippen molar-refractivity contribution in [1.29, 1.82) is 0 Å². The predicted octanol–water partition coefficient (Wildman–Crippen LogP) is 11.8. The maximum atomic E-state index is 2.52. The van der Waals surface area contributed by atoms with E-state index in [1.54, 1.807) is 0 Å². The van der Waals surface area contributed by atoms with E-state index >= 15 is 0 Å². The first-order chi connectivity index (χ1) is 20.6. The van der Waals surface area contributed by atoms with Crippen molar-refractivity contribution in [3.05, 3.63) is 126 Å². The lowest BCUT2D eigenvalue weighted by molar-refractivity contribution is 0.660. The summed E-state index contributed by atoms with van der Waals surface area (Å²) in [5.41, 5.74) is 9.32. The zero-order chi connectivity index (χ0) is 27.7. The molecule has 3 aromatic heterocycles. The molecule has 0 amide bonds. The molecule has 10 rings (SSSR count). The van der Waals surface area contributed by atoms with Gasteiger partial charge in [-0.25, -0.2) is 0 Å². The predicted molar refractivity (Wildman–Crippen MR) is 184 cm³/mol. The number of fused-ring (bicyclic) bond motifs is 14. The van der Waals surface area contributed by atoms with Gasteiger partial charge in [0.1, 0.15) is 0 Å². The van der Waals surface area contributed by atoms with Crippen LogP contribution in [0.15, 0.2) is 115 Å².